The molecule has 0 aliphatic heterocycles. The van der Waals surface area contributed by atoms with Gasteiger partial charge in [-0.05, 0) is 36.8 Å². The lowest BCUT2D eigenvalue weighted by Crippen LogP contribution is -2.10. The molecule has 4 nitrogen and oxygen atoms in total. The van der Waals surface area contributed by atoms with Crippen molar-refractivity contribution < 1.29 is 19.1 Å². The maximum absolute atomic E-state index is 12.1. The Balaban J connectivity index is 2.28. The summed E-state index contributed by atoms with van der Waals surface area (Å²) in [5, 5.41) is 0. The first kappa shape index (κ1) is 13.8. The summed E-state index contributed by atoms with van der Waals surface area (Å²) in [6.45, 7) is 1.84. The second-order valence-electron chi connectivity index (χ2n) is 4.23. The van der Waals surface area contributed by atoms with Crippen LogP contribution < -0.4 is 9.47 Å². The Labute approximate surface area is 116 Å². The van der Waals surface area contributed by atoms with E-state index in [-0.39, 0.29) is 5.75 Å². The van der Waals surface area contributed by atoms with Crippen molar-refractivity contribution in [1.29, 1.82) is 0 Å². The van der Waals surface area contributed by atoms with Crippen LogP contribution in [-0.2, 0) is 0 Å². The topological polar surface area (TPSA) is 52.6 Å². The van der Waals surface area contributed by atoms with E-state index in [0.29, 0.717) is 23.2 Å². The van der Waals surface area contributed by atoms with Crippen LogP contribution in [0.1, 0.15) is 26.3 Å². The highest BCUT2D eigenvalue weighted by Gasteiger charge is 2.14. The van der Waals surface area contributed by atoms with Gasteiger partial charge in [0.25, 0.3) is 0 Å². The highest BCUT2D eigenvalue weighted by atomic mass is 16.6. The quantitative estimate of drug-likeness (QED) is 0.487. The summed E-state index contributed by atoms with van der Waals surface area (Å²) in [5.41, 5.74) is 1.78. The summed E-state index contributed by atoms with van der Waals surface area (Å²) in [5.74, 6) is 0.170. The van der Waals surface area contributed by atoms with Gasteiger partial charge < -0.3 is 9.47 Å². The van der Waals surface area contributed by atoms with Crippen molar-refractivity contribution in [2.75, 3.05) is 7.11 Å². The summed E-state index contributed by atoms with van der Waals surface area (Å²) in [4.78, 5) is 22.8. The number of methoxy groups -OCH3 is 1. The molecule has 0 aliphatic rings. The van der Waals surface area contributed by atoms with Crippen molar-refractivity contribution in [3.63, 3.8) is 0 Å². The summed E-state index contributed by atoms with van der Waals surface area (Å²) in [7, 11) is 1.45. The van der Waals surface area contributed by atoms with E-state index in [9.17, 15) is 9.59 Å². The third-order valence-corrected chi connectivity index (χ3v) is 2.89. The van der Waals surface area contributed by atoms with E-state index >= 15 is 0 Å². The van der Waals surface area contributed by atoms with Crippen LogP contribution in [0.3, 0.4) is 0 Å². The second-order valence-corrected chi connectivity index (χ2v) is 4.23. The number of hydrogen-bond acceptors (Lipinski definition) is 4. The molecule has 0 amide bonds. The molecular weight excluding hydrogens is 256 g/mol. The average Bonchev–Trinajstić information content (AvgIpc) is 2.48. The first-order valence-electron chi connectivity index (χ1n) is 6.06. The number of aldehydes is 1. The predicted octanol–water partition coefficient (Wildman–Crippen LogP) is 3.04. The monoisotopic (exact) mass is 270 g/mol. The van der Waals surface area contributed by atoms with Gasteiger partial charge in [-0.3, -0.25) is 4.79 Å². The summed E-state index contributed by atoms with van der Waals surface area (Å²) >= 11 is 0. The molecule has 4 heteroatoms. The molecule has 0 radical (unpaired) electrons. The zero-order chi connectivity index (χ0) is 14.5. The lowest BCUT2D eigenvalue weighted by molar-refractivity contribution is 0.0729. The van der Waals surface area contributed by atoms with Crippen LogP contribution in [0.5, 0.6) is 11.5 Å². The van der Waals surface area contributed by atoms with E-state index in [1.165, 1.54) is 13.2 Å². The molecule has 2 aromatic carbocycles. The number of rotatable bonds is 4. The molecule has 0 atom stereocenters. The molecule has 0 saturated heterocycles. The molecule has 2 rings (SSSR count). The molecular formula is C16H14O4. The third-order valence-electron chi connectivity index (χ3n) is 2.89. The first-order chi connectivity index (χ1) is 9.65. The van der Waals surface area contributed by atoms with Gasteiger partial charge in [0.1, 0.15) is 6.29 Å². The fraction of sp³-hybridized carbons (Fsp3) is 0.125. The Kier molecular flexibility index (Phi) is 4.15. The molecule has 0 N–H and O–H groups in total. The minimum Gasteiger partial charge on any atom is -0.493 e. The minimum absolute atomic E-state index is 0.284. The molecule has 0 aliphatic carbocycles. The van der Waals surface area contributed by atoms with Crippen LogP contribution in [-0.4, -0.2) is 19.4 Å². The summed E-state index contributed by atoms with van der Waals surface area (Å²) in [6.07, 6.45) is 0.704. The van der Waals surface area contributed by atoms with Crippen LogP contribution >= 0.6 is 0 Å². The molecule has 0 unspecified atom stereocenters. The van der Waals surface area contributed by atoms with Crippen LogP contribution in [0.2, 0.25) is 0 Å². The van der Waals surface area contributed by atoms with Crippen molar-refractivity contribution in [2.24, 2.45) is 0 Å². The highest BCUT2D eigenvalue weighted by Crippen LogP contribution is 2.28. The van der Waals surface area contributed by atoms with E-state index in [2.05, 4.69) is 0 Å². The zero-order valence-electron chi connectivity index (χ0n) is 11.3. The van der Waals surface area contributed by atoms with Crippen molar-refractivity contribution in [2.45, 2.75) is 6.92 Å². The smallest absolute Gasteiger partial charge is 0.343 e. The van der Waals surface area contributed by atoms with Crippen LogP contribution in [0, 0.1) is 6.92 Å². The van der Waals surface area contributed by atoms with Gasteiger partial charge >= 0.3 is 5.97 Å². The fourth-order valence-corrected chi connectivity index (χ4v) is 1.80. The van der Waals surface area contributed by atoms with E-state index in [0.717, 1.165) is 5.56 Å². The lowest BCUT2D eigenvalue weighted by atomic mass is 10.1. The largest absolute Gasteiger partial charge is 0.493 e. The van der Waals surface area contributed by atoms with Gasteiger partial charge in [0.2, 0.25) is 0 Å². The molecule has 0 bridgehead atoms. The standard InChI is InChI=1S/C16H14O4/c1-11-5-3-4-6-13(11)16(18)20-14-8-7-12(10-17)9-15(14)19-2/h3-10H,1-2H3. The number of aryl methyl sites for hydroxylation is 1. The molecule has 20 heavy (non-hydrogen) atoms. The summed E-state index contributed by atoms with van der Waals surface area (Å²) in [6, 6.07) is 11.8. The number of hydrogen-bond donors (Lipinski definition) is 0. The molecule has 102 valence electrons. The van der Waals surface area contributed by atoms with E-state index < -0.39 is 5.97 Å². The Morgan fingerprint density at radius 2 is 1.85 bits per heavy atom. The van der Waals surface area contributed by atoms with Crippen molar-refractivity contribution in [1.82, 2.24) is 0 Å². The fourth-order valence-electron chi connectivity index (χ4n) is 1.80. The van der Waals surface area contributed by atoms with Gasteiger partial charge in [0, 0.05) is 5.56 Å². The maximum Gasteiger partial charge on any atom is 0.343 e. The van der Waals surface area contributed by atoms with Crippen molar-refractivity contribution in [3.8, 4) is 11.5 Å². The molecule has 0 spiro atoms. The summed E-state index contributed by atoms with van der Waals surface area (Å²) < 4.78 is 10.4. The first-order valence-corrected chi connectivity index (χ1v) is 6.06. The molecule has 0 aromatic heterocycles. The van der Waals surface area contributed by atoms with Gasteiger partial charge in [-0.15, -0.1) is 0 Å². The van der Waals surface area contributed by atoms with Crippen LogP contribution in [0.15, 0.2) is 42.5 Å². The molecule has 2 aromatic rings. The normalized spacial score (nSPS) is 9.90. The maximum atomic E-state index is 12.1. The Bertz CT molecular complexity index is 647. The average molecular weight is 270 g/mol. The molecule has 0 heterocycles. The van der Waals surface area contributed by atoms with Crippen LogP contribution in [0.4, 0.5) is 0 Å². The Hall–Kier alpha value is -2.62. The van der Waals surface area contributed by atoms with Gasteiger partial charge in [0.15, 0.2) is 11.5 Å². The molecule has 0 saturated carbocycles. The predicted molar refractivity (Wildman–Crippen MR) is 74.5 cm³/mol. The van der Waals surface area contributed by atoms with Gasteiger partial charge in [-0.1, -0.05) is 18.2 Å². The highest BCUT2D eigenvalue weighted by molar-refractivity contribution is 5.93. The van der Waals surface area contributed by atoms with Crippen molar-refractivity contribution >= 4 is 12.3 Å². The SMILES string of the molecule is COc1cc(C=O)ccc1OC(=O)c1ccccc1C. The Morgan fingerprint density at radius 1 is 1.10 bits per heavy atom. The molecule has 0 fully saturated rings. The number of carbonyl (C=O) groups excluding carboxylic acids is 2. The number of esters is 1. The lowest BCUT2D eigenvalue weighted by Gasteiger charge is -2.10. The van der Waals surface area contributed by atoms with E-state index in [1.54, 1.807) is 24.3 Å². The van der Waals surface area contributed by atoms with Crippen molar-refractivity contribution in [3.05, 3.63) is 59.2 Å². The Morgan fingerprint density at radius 3 is 2.50 bits per heavy atom. The van der Waals surface area contributed by atoms with E-state index in [4.69, 9.17) is 9.47 Å². The number of benzene rings is 2. The van der Waals surface area contributed by atoms with Crippen LogP contribution in [0.25, 0.3) is 0 Å². The minimum atomic E-state index is -0.458. The zero-order valence-corrected chi connectivity index (χ0v) is 11.3. The van der Waals surface area contributed by atoms with E-state index in [1.807, 2.05) is 19.1 Å². The third kappa shape index (κ3) is 2.85. The number of carbonyl (C=O) groups is 2. The second kappa shape index (κ2) is 6.02. The van der Waals surface area contributed by atoms with Gasteiger partial charge in [-0.25, -0.2) is 4.79 Å². The van der Waals surface area contributed by atoms with Gasteiger partial charge in [0.05, 0.1) is 12.7 Å². The van der Waals surface area contributed by atoms with Gasteiger partial charge in [-0.2, -0.15) is 0 Å². The number of ether oxygens (including phenoxy) is 2.